The van der Waals surface area contributed by atoms with Gasteiger partial charge in [0.05, 0.1) is 15.1 Å². The molecule has 1 amide bonds. The number of carbonyl (C=O) groups is 1. The van der Waals surface area contributed by atoms with Crippen LogP contribution in [0.5, 0.6) is 5.75 Å². The molecule has 1 aliphatic rings. The van der Waals surface area contributed by atoms with Crippen molar-refractivity contribution in [2.45, 2.75) is 20.5 Å². The third kappa shape index (κ3) is 5.66. The summed E-state index contributed by atoms with van der Waals surface area (Å²) in [7, 11) is 0. The summed E-state index contributed by atoms with van der Waals surface area (Å²) in [5.74, 6) is 0.214. The van der Waals surface area contributed by atoms with E-state index in [2.05, 4.69) is 32.3 Å². The van der Waals surface area contributed by atoms with Crippen LogP contribution >= 0.6 is 27.7 Å². The Morgan fingerprint density at radius 2 is 1.78 bits per heavy atom. The fourth-order valence-electron chi connectivity index (χ4n) is 3.23. The van der Waals surface area contributed by atoms with Crippen LogP contribution in [0.1, 0.15) is 22.3 Å². The van der Waals surface area contributed by atoms with E-state index in [1.807, 2.05) is 50.3 Å². The molecule has 1 N–H and O–H groups in total. The molecule has 4 nitrogen and oxygen atoms in total. The summed E-state index contributed by atoms with van der Waals surface area (Å²) in [5.41, 5.74) is 4.80. The van der Waals surface area contributed by atoms with E-state index in [0.29, 0.717) is 22.4 Å². The Bertz CT molecular complexity index is 1220. The predicted molar refractivity (Wildman–Crippen MR) is 132 cm³/mol. The second-order valence-corrected chi connectivity index (χ2v) is 9.32. The van der Waals surface area contributed by atoms with Gasteiger partial charge in [-0.3, -0.25) is 4.79 Å². The van der Waals surface area contributed by atoms with Gasteiger partial charge in [0.25, 0.3) is 5.91 Å². The van der Waals surface area contributed by atoms with Crippen LogP contribution in [0.2, 0.25) is 0 Å². The molecular formula is C25H20BrFN2O2S. The molecule has 0 aromatic heterocycles. The molecule has 1 aliphatic heterocycles. The van der Waals surface area contributed by atoms with Crippen molar-refractivity contribution < 1.29 is 13.9 Å². The number of aliphatic imine (C=N–C) groups is 1. The molecule has 162 valence electrons. The van der Waals surface area contributed by atoms with Crippen LogP contribution in [-0.2, 0) is 11.4 Å². The van der Waals surface area contributed by atoms with Crippen molar-refractivity contribution in [3.05, 3.63) is 98.1 Å². The van der Waals surface area contributed by atoms with Crippen molar-refractivity contribution in [2.24, 2.45) is 4.99 Å². The maximum absolute atomic E-state index is 13.0. The van der Waals surface area contributed by atoms with Crippen molar-refractivity contribution in [3.8, 4) is 5.75 Å². The predicted octanol–water partition coefficient (Wildman–Crippen LogP) is 6.68. The molecular weight excluding hydrogens is 491 g/mol. The number of halogens is 2. The van der Waals surface area contributed by atoms with E-state index in [-0.39, 0.29) is 11.7 Å². The summed E-state index contributed by atoms with van der Waals surface area (Å²) in [6.45, 7) is 4.37. The Morgan fingerprint density at radius 1 is 1.06 bits per heavy atom. The lowest BCUT2D eigenvalue weighted by Gasteiger charge is -2.09. The quantitative estimate of drug-likeness (QED) is 0.389. The summed E-state index contributed by atoms with van der Waals surface area (Å²) in [5, 5.41) is 3.38. The number of aryl methyl sites for hydroxylation is 2. The first-order valence-corrected chi connectivity index (χ1v) is 11.5. The number of thioether (sulfide) groups is 1. The van der Waals surface area contributed by atoms with Gasteiger partial charge in [0, 0.05) is 0 Å². The third-order valence-electron chi connectivity index (χ3n) is 4.65. The number of nitrogens with zero attached hydrogens (tertiary/aromatic N) is 1. The van der Waals surface area contributed by atoms with E-state index >= 15 is 0 Å². The molecule has 3 aromatic carbocycles. The summed E-state index contributed by atoms with van der Waals surface area (Å²) in [4.78, 5) is 17.5. The van der Waals surface area contributed by atoms with Crippen LogP contribution in [-0.4, -0.2) is 11.1 Å². The number of carbonyl (C=O) groups excluding carboxylic acids is 1. The van der Waals surface area contributed by atoms with Crippen LogP contribution in [0.4, 0.5) is 10.1 Å². The van der Waals surface area contributed by atoms with Gasteiger partial charge in [0.2, 0.25) is 0 Å². The normalized spacial score (nSPS) is 15.9. The fraction of sp³-hybridized carbons (Fsp3) is 0.120. The maximum atomic E-state index is 13.0. The summed E-state index contributed by atoms with van der Waals surface area (Å²) >= 11 is 4.83. The molecule has 1 heterocycles. The van der Waals surface area contributed by atoms with Gasteiger partial charge in [-0.25, -0.2) is 9.38 Å². The zero-order valence-corrected chi connectivity index (χ0v) is 19.9. The minimum atomic E-state index is -0.275. The monoisotopic (exact) mass is 510 g/mol. The molecule has 0 spiro atoms. The number of benzene rings is 3. The lowest BCUT2D eigenvalue weighted by atomic mass is 10.1. The van der Waals surface area contributed by atoms with Crippen molar-refractivity contribution in [1.29, 1.82) is 0 Å². The van der Waals surface area contributed by atoms with Crippen LogP contribution in [0.15, 0.2) is 75.0 Å². The molecule has 0 aliphatic carbocycles. The third-order valence-corrected chi connectivity index (χ3v) is 6.18. The topological polar surface area (TPSA) is 50.7 Å². The fourth-order valence-corrected chi connectivity index (χ4v) is 4.58. The highest BCUT2D eigenvalue weighted by atomic mass is 79.9. The number of amidine groups is 1. The number of rotatable bonds is 5. The average molecular weight is 511 g/mol. The van der Waals surface area contributed by atoms with Crippen molar-refractivity contribution >= 4 is 50.5 Å². The van der Waals surface area contributed by atoms with E-state index < -0.39 is 0 Å². The van der Waals surface area contributed by atoms with E-state index in [1.165, 1.54) is 23.9 Å². The van der Waals surface area contributed by atoms with Gasteiger partial charge in [-0.05, 0) is 106 Å². The lowest BCUT2D eigenvalue weighted by Crippen LogP contribution is -2.19. The van der Waals surface area contributed by atoms with Gasteiger partial charge in [-0.1, -0.05) is 24.3 Å². The second-order valence-electron chi connectivity index (χ2n) is 7.43. The van der Waals surface area contributed by atoms with Crippen LogP contribution in [0, 0.1) is 19.7 Å². The van der Waals surface area contributed by atoms with Crippen LogP contribution in [0.25, 0.3) is 6.08 Å². The molecule has 0 radical (unpaired) electrons. The Kier molecular flexibility index (Phi) is 6.77. The highest BCUT2D eigenvalue weighted by Gasteiger charge is 2.24. The number of hydrogen-bond acceptors (Lipinski definition) is 4. The van der Waals surface area contributed by atoms with Crippen molar-refractivity contribution in [2.75, 3.05) is 0 Å². The second kappa shape index (κ2) is 9.71. The van der Waals surface area contributed by atoms with Gasteiger partial charge in [0.1, 0.15) is 18.2 Å². The molecule has 0 unspecified atom stereocenters. The zero-order valence-electron chi connectivity index (χ0n) is 17.5. The van der Waals surface area contributed by atoms with Gasteiger partial charge in [0.15, 0.2) is 5.17 Å². The first-order chi connectivity index (χ1) is 15.4. The standard InChI is InChI=1S/C25H20BrFN2O2S/c1-15-9-16(2)11-20(10-15)28-25-29-24(30)23(32-25)13-18-5-8-22(21(26)12-18)31-14-17-3-6-19(27)7-4-17/h3-13H,14H2,1-2H3,(H,28,29,30)/b23-13-. The lowest BCUT2D eigenvalue weighted by molar-refractivity contribution is -0.115. The van der Waals surface area contributed by atoms with Crippen LogP contribution in [0.3, 0.4) is 0 Å². The van der Waals surface area contributed by atoms with E-state index in [0.717, 1.165) is 32.4 Å². The van der Waals surface area contributed by atoms with E-state index in [9.17, 15) is 9.18 Å². The van der Waals surface area contributed by atoms with E-state index in [4.69, 9.17) is 4.74 Å². The van der Waals surface area contributed by atoms with Crippen LogP contribution < -0.4 is 10.1 Å². The number of ether oxygens (including phenoxy) is 1. The number of hydrogen-bond donors (Lipinski definition) is 1. The summed E-state index contributed by atoms with van der Waals surface area (Å²) < 4.78 is 19.6. The number of nitrogens with one attached hydrogen (secondary N) is 1. The molecule has 0 atom stereocenters. The SMILES string of the molecule is Cc1cc(C)cc(N=C2NC(=O)/C(=C/c3ccc(OCc4ccc(F)cc4)c(Br)c3)S2)c1. The summed E-state index contributed by atoms with van der Waals surface area (Å²) in [6, 6.07) is 17.8. The minimum absolute atomic E-state index is 0.175. The molecule has 7 heteroatoms. The van der Waals surface area contributed by atoms with Crippen molar-refractivity contribution in [3.63, 3.8) is 0 Å². The van der Waals surface area contributed by atoms with Gasteiger partial charge in [-0.15, -0.1) is 0 Å². The largest absolute Gasteiger partial charge is 0.488 e. The smallest absolute Gasteiger partial charge is 0.264 e. The minimum Gasteiger partial charge on any atom is -0.488 e. The number of amides is 1. The Morgan fingerprint density at radius 3 is 2.47 bits per heavy atom. The molecule has 0 saturated carbocycles. The Hall–Kier alpha value is -2.90. The van der Waals surface area contributed by atoms with Crippen molar-refractivity contribution in [1.82, 2.24) is 5.32 Å². The average Bonchev–Trinajstić information content (AvgIpc) is 3.06. The van der Waals surface area contributed by atoms with Gasteiger partial charge in [-0.2, -0.15) is 0 Å². The maximum Gasteiger partial charge on any atom is 0.264 e. The molecule has 4 rings (SSSR count). The first-order valence-electron chi connectivity index (χ1n) is 9.90. The Balaban J connectivity index is 1.46. The molecule has 0 bridgehead atoms. The molecule has 3 aromatic rings. The summed E-state index contributed by atoms with van der Waals surface area (Å²) in [6.07, 6.45) is 1.82. The van der Waals surface area contributed by atoms with E-state index in [1.54, 1.807) is 12.1 Å². The first kappa shape index (κ1) is 22.3. The zero-order chi connectivity index (χ0) is 22.7. The molecule has 1 saturated heterocycles. The van der Waals surface area contributed by atoms with Gasteiger partial charge >= 0.3 is 0 Å². The highest BCUT2D eigenvalue weighted by molar-refractivity contribution is 9.10. The highest BCUT2D eigenvalue weighted by Crippen LogP contribution is 2.31. The Labute approximate surface area is 198 Å². The van der Waals surface area contributed by atoms with Gasteiger partial charge < -0.3 is 10.1 Å². The molecule has 32 heavy (non-hydrogen) atoms. The molecule has 1 fully saturated rings.